The number of hydrogen-bond donors (Lipinski definition) is 1. The minimum absolute atomic E-state index is 0.0861. The van der Waals surface area contributed by atoms with Crippen LogP contribution in [0.4, 0.5) is 0 Å². The lowest BCUT2D eigenvalue weighted by molar-refractivity contribution is 0.0987. The molecule has 2 heterocycles. The standard InChI is InChI=1S/C21H24N4O2S/c1-3-4-9-27-19-14-23-17(13-24-19)18(26)12-15-6-5-7-16(11-15)21(2)8-10-28-20(22)25-21/h3-7,11,13-14H,8-10,12H2,1-2H3,(H2,22,25)/b4-3+/t21-/m0/s1. The van der Waals surface area contributed by atoms with E-state index in [1.165, 1.54) is 12.4 Å². The molecule has 3 rings (SSSR count). The van der Waals surface area contributed by atoms with Gasteiger partial charge in [-0.1, -0.05) is 48.2 Å². The molecule has 146 valence electrons. The first-order chi connectivity index (χ1) is 13.5. The molecular weight excluding hydrogens is 372 g/mol. The minimum atomic E-state index is -0.347. The Morgan fingerprint density at radius 1 is 1.36 bits per heavy atom. The second-order valence-electron chi connectivity index (χ2n) is 6.74. The molecule has 7 heteroatoms. The first kappa shape index (κ1) is 20.1. The first-order valence-electron chi connectivity index (χ1n) is 9.17. The Bertz CT molecular complexity index is 896. The van der Waals surface area contributed by atoms with Crippen LogP contribution in [0.5, 0.6) is 5.88 Å². The van der Waals surface area contributed by atoms with Gasteiger partial charge in [0.2, 0.25) is 5.88 Å². The number of rotatable bonds is 7. The molecule has 1 aromatic heterocycles. The summed E-state index contributed by atoms with van der Waals surface area (Å²) >= 11 is 1.58. The van der Waals surface area contributed by atoms with E-state index in [1.807, 2.05) is 43.3 Å². The van der Waals surface area contributed by atoms with Crippen LogP contribution in [0.15, 0.2) is 53.8 Å². The molecular formula is C21H24N4O2S. The summed E-state index contributed by atoms with van der Waals surface area (Å²) in [5.74, 6) is 1.25. The second-order valence-corrected chi connectivity index (χ2v) is 7.86. The van der Waals surface area contributed by atoms with E-state index in [9.17, 15) is 4.79 Å². The van der Waals surface area contributed by atoms with Crippen LogP contribution in [0, 0.1) is 0 Å². The average molecular weight is 397 g/mol. The molecule has 0 saturated carbocycles. The van der Waals surface area contributed by atoms with Gasteiger partial charge in [-0.15, -0.1) is 0 Å². The zero-order chi connectivity index (χ0) is 20.0. The predicted octanol–water partition coefficient (Wildman–Crippen LogP) is 3.52. The monoisotopic (exact) mass is 396 g/mol. The van der Waals surface area contributed by atoms with Gasteiger partial charge in [-0.05, 0) is 31.4 Å². The van der Waals surface area contributed by atoms with E-state index in [2.05, 4.69) is 21.9 Å². The highest BCUT2D eigenvalue weighted by Gasteiger charge is 2.29. The van der Waals surface area contributed by atoms with E-state index in [0.29, 0.717) is 23.3 Å². The van der Waals surface area contributed by atoms with Crippen molar-refractivity contribution in [2.24, 2.45) is 10.7 Å². The molecule has 0 bridgehead atoms. The second kappa shape index (κ2) is 9.01. The maximum Gasteiger partial charge on any atom is 0.232 e. The lowest BCUT2D eigenvalue weighted by Gasteiger charge is -2.30. The number of carbonyl (C=O) groups is 1. The van der Waals surface area contributed by atoms with Crippen LogP contribution in [-0.4, -0.2) is 33.3 Å². The largest absolute Gasteiger partial charge is 0.472 e. The maximum atomic E-state index is 12.6. The Morgan fingerprint density at radius 2 is 2.21 bits per heavy atom. The van der Waals surface area contributed by atoms with Crippen molar-refractivity contribution < 1.29 is 9.53 Å². The van der Waals surface area contributed by atoms with E-state index in [1.54, 1.807) is 11.8 Å². The van der Waals surface area contributed by atoms with Crippen molar-refractivity contribution in [1.82, 2.24) is 9.97 Å². The number of Topliss-reactive ketones (excluding diaryl/α,β-unsaturated/α-hetero) is 1. The van der Waals surface area contributed by atoms with Crippen molar-refractivity contribution >= 4 is 22.7 Å². The molecule has 0 fully saturated rings. The topological polar surface area (TPSA) is 90.5 Å². The summed E-state index contributed by atoms with van der Waals surface area (Å²) in [5.41, 5.74) is 7.89. The van der Waals surface area contributed by atoms with Crippen LogP contribution in [0.1, 0.15) is 41.9 Å². The van der Waals surface area contributed by atoms with Gasteiger partial charge in [0.1, 0.15) is 12.3 Å². The molecule has 0 spiro atoms. The van der Waals surface area contributed by atoms with Gasteiger partial charge < -0.3 is 10.5 Å². The van der Waals surface area contributed by atoms with Crippen molar-refractivity contribution in [3.8, 4) is 5.88 Å². The average Bonchev–Trinajstić information content (AvgIpc) is 2.69. The molecule has 1 aromatic carbocycles. The molecule has 2 N–H and O–H groups in total. The smallest absolute Gasteiger partial charge is 0.232 e. The number of carbonyl (C=O) groups excluding carboxylic acids is 1. The number of hydrogen-bond acceptors (Lipinski definition) is 7. The fourth-order valence-electron chi connectivity index (χ4n) is 2.95. The Kier molecular flexibility index (Phi) is 6.46. The summed E-state index contributed by atoms with van der Waals surface area (Å²) in [7, 11) is 0. The number of benzene rings is 1. The molecule has 0 radical (unpaired) electrons. The summed E-state index contributed by atoms with van der Waals surface area (Å²) in [6.45, 7) is 4.43. The molecule has 0 unspecified atom stereocenters. The SMILES string of the molecule is C/C=C/COc1cnc(C(=O)Cc2cccc([C@]3(C)CCSC(N)=N3)c2)cn1. The fourth-order valence-corrected chi connectivity index (χ4v) is 3.93. The minimum Gasteiger partial charge on any atom is -0.472 e. The normalized spacial score (nSPS) is 19.4. The molecule has 1 aliphatic rings. The van der Waals surface area contributed by atoms with Crippen molar-refractivity contribution in [3.63, 3.8) is 0 Å². The van der Waals surface area contributed by atoms with Crippen LogP contribution in [0.2, 0.25) is 0 Å². The van der Waals surface area contributed by atoms with Crippen molar-refractivity contribution in [2.75, 3.05) is 12.4 Å². The van der Waals surface area contributed by atoms with Crippen LogP contribution in [0.3, 0.4) is 0 Å². The quantitative estimate of drug-likeness (QED) is 0.569. The van der Waals surface area contributed by atoms with E-state index in [-0.39, 0.29) is 17.7 Å². The fraction of sp³-hybridized carbons (Fsp3) is 0.333. The molecule has 1 atom stereocenters. The Labute approximate surface area is 169 Å². The van der Waals surface area contributed by atoms with Gasteiger partial charge in [0.25, 0.3) is 0 Å². The molecule has 0 saturated heterocycles. The first-order valence-corrected chi connectivity index (χ1v) is 10.2. The molecule has 1 aliphatic heterocycles. The van der Waals surface area contributed by atoms with Crippen molar-refractivity contribution in [1.29, 1.82) is 0 Å². The third-order valence-corrected chi connectivity index (χ3v) is 5.38. The van der Waals surface area contributed by atoms with Crippen molar-refractivity contribution in [3.05, 3.63) is 65.6 Å². The van der Waals surface area contributed by atoms with Gasteiger partial charge in [-0.25, -0.2) is 9.97 Å². The highest BCUT2D eigenvalue weighted by molar-refractivity contribution is 8.13. The summed E-state index contributed by atoms with van der Waals surface area (Å²) in [5, 5.41) is 0.613. The molecule has 6 nitrogen and oxygen atoms in total. The summed E-state index contributed by atoms with van der Waals surface area (Å²) in [6, 6.07) is 7.97. The molecule has 0 aliphatic carbocycles. The van der Waals surface area contributed by atoms with E-state index >= 15 is 0 Å². The number of ketones is 1. The van der Waals surface area contributed by atoms with Gasteiger partial charge in [0, 0.05) is 12.2 Å². The summed E-state index contributed by atoms with van der Waals surface area (Å²) in [4.78, 5) is 25.6. The maximum absolute atomic E-state index is 12.6. The number of thioether (sulfide) groups is 1. The number of allylic oxidation sites excluding steroid dienone is 1. The Balaban J connectivity index is 1.70. The lowest BCUT2D eigenvalue weighted by atomic mass is 9.88. The molecule has 2 aromatic rings. The number of aliphatic imine (C=N–C) groups is 1. The van der Waals surface area contributed by atoms with Gasteiger partial charge in [0.05, 0.1) is 17.9 Å². The number of nitrogens with zero attached hydrogens (tertiary/aromatic N) is 3. The molecule has 0 amide bonds. The van der Waals surface area contributed by atoms with Crippen LogP contribution in [0.25, 0.3) is 0 Å². The van der Waals surface area contributed by atoms with Crippen LogP contribution >= 0.6 is 11.8 Å². The van der Waals surface area contributed by atoms with Gasteiger partial charge in [0.15, 0.2) is 11.0 Å². The van der Waals surface area contributed by atoms with E-state index < -0.39 is 0 Å². The van der Waals surface area contributed by atoms with Crippen molar-refractivity contribution in [2.45, 2.75) is 32.2 Å². The van der Waals surface area contributed by atoms with E-state index in [4.69, 9.17) is 10.5 Å². The third-order valence-electron chi connectivity index (χ3n) is 4.59. The Morgan fingerprint density at radius 3 is 2.93 bits per heavy atom. The van der Waals surface area contributed by atoms with Crippen LogP contribution in [-0.2, 0) is 12.0 Å². The predicted molar refractivity (Wildman–Crippen MR) is 113 cm³/mol. The number of ether oxygens (including phenoxy) is 1. The van der Waals surface area contributed by atoms with Gasteiger partial charge >= 0.3 is 0 Å². The molecule has 28 heavy (non-hydrogen) atoms. The third kappa shape index (κ3) is 4.98. The Hall–Kier alpha value is -2.67. The van der Waals surface area contributed by atoms with Gasteiger partial charge in [-0.3, -0.25) is 9.79 Å². The summed E-state index contributed by atoms with van der Waals surface area (Å²) in [6.07, 6.45) is 7.87. The zero-order valence-electron chi connectivity index (χ0n) is 16.1. The van der Waals surface area contributed by atoms with E-state index in [0.717, 1.165) is 23.3 Å². The summed E-state index contributed by atoms with van der Waals surface area (Å²) < 4.78 is 5.41. The van der Waals surface area contributed by atoms with Gasteiger partial charge in [-0.2, -0.15) is 0 Å². The number of nitrogens with two attached hydrogens (primary N) is 1. The highest BCUT2D eigenvalue weighted by Crippen LogP contribution is 2.35. The number of amidine groups is 1. The van der Waals surface area contributed by atoms with Crippen LogP contribution < -0.4 is 10.5 Å². The zero-order valence-corrected chi connectivity index (χ0v) is 16.9. The number of aromatic nitrogens is 2. The highest BCUT2D eigenvalue weighted by atomic mass is 32.2. The lowest BCUT2D eigenvalue weighted by Crippen LogP contribution is -2.28.